The predicted octanol–water partition coefficient (Wildman–Crippen LogP) is 4.34. The molecule has 6 nitrogen and oxygen atoms in total. The Morgan fingerprint density at radius 3 is 2.84 bits per heavy atom. The van der Waals surface area contributed by atoms with Crippen molar-refractivity contribution in [2.45, 2.75) is 45.9 Å². The Bertz CT molecular complexity index is 1030. The lowest BCUT2D eigenvalue weighted by Gasteiger charge is -2.22. The molecule has 3 aromatic rings. The Morgan fingerprint density at radius 1 is 1.23 bits per heavy atom. The molecule has 7 heteroatoms. The van der Waals surface area contributed by atoms with Gasteiger partial charge < -0.3 is 15.0 Å². The number of benzene rings is 1. The molecule has 0 spiro atoms. The molecule has 0 bridgehead atoms. The SMILES string of the molecule is CNCC[C@H](Oc1ccc(CN2CCCn3nc(C)cc3C2=O)c(C)c1)c1cccs1. The third-order valence-corrected chi connectivity index (χ3v) is 6.64. The van der Waals surface area contributed by atoms with E-state index >= 15 is 0 Å². The summed E-state index contributed by atoms with van der Waals surface area (Å²) in [7, 11) is 1.96. The highest BCUT2D eigenvalue weighted by atomic mass is 32.1. The predicted molar refractivity (Wildman–Crippen MR) is 124 cm³/mol. The van der Waals surface area contributed by atoms with Crippen LogP contribution in [0.25, 0.3) is 0 Å². The summed E-state index contributed by atoms with van der Waals surface area (Å²) >= 11 is 1.73. The molecule has 1 aliphatic heterocycles. The summed E-state index contributed by atoms with van der Waals surface area (Å²) in [5.74, 6) is 0.925. The van der Waals surface area contributed by atoms with Gasteiger partial charge in [0.05, 0.1) is 5.69 Å². The number of nitrogens with zero attached hydrogens (tertiary/aromatic N) is 3. The zero-order valence-electron chi connectivity index (χ0n) is 18.4. The monoisotopic (exact) mass is 438 g/mol. The quantitative estimate of drug-likeness (QED) is 0.568. The Labute approximate surface area is 187 Å². The van der Waals surface area contributed by atoms with Crippen LogP contribution in [-0.2, 0) is 13.1 Å². The third-order valence-electron chi connectivity index (χ3n) is 5.68. The first-order valence-electron chi connectivity index (χ1n) is 10.8. The van der Waals surface area contributed by atoms with E-state index in [2.05, 4.69) is 47.0 Å². The fourth-order valence-corrected chi connectivity index (χ4v) is 4.80. The van der Waals surface area contributed by atoms with E-state index in [9.17, 15) is 4.79 Å². The molecule has 31 heavy (non-hydrogen) atoms. The smallest absolute Gasteiger partial charge is 0.272 e. The molecule has 0 saturated heterocycles. The van der Waals surface area contributed by atoms with Gasteiger partial charge in [0.2, 0.25) is 0 Å². The fourth-order valence-electron chi connectivity index (χ4n) is 4.01. The standard InChI is InChI=1S/C24H30N4O2S/c1-17-14-20(30-22(9-10-25-3)23-6-4-13-31-23)8-7-19(17)16-27-11-5-12-28-21(24(27)29)15-18(2)26-28/h4,6-8,13-15,22,25H,5,9-12,16H2,1-3H3/t22-/m0/s1. The number of aromatic nitrogens is 2. The van der Waals surface area contributed by atoms with Crippen LogP contribution in [0.1, 0.15) is 51.1 Å². The summed E-state index contributed by atoms with van der Waals surface area (Å²) in [6, 6.07) is 12.3. The highest BCUT2D eigenvalue weighted by Gasteiger charge is 2.24. The molecule has 164 valence electrons. The molecule has 1 atom stereocenters. The molecule has 0 saturated carbocycles. The summed E-state index contributed by atoms with van der Waals surface area (Å²) in [6.07, 6.45) is 1.86. The maximum Gasteiger partial charge on any atom is 0.272 e. The average Bonchev–Trinajstić information content (AvgIpc) is 3.38. The number of carbonyl (C=O) groups excluding carboxylic acids is 1. The zero-order valence-corrected chi connectivity index (χ0v) is 19.2. The van der Waals surface area contributed by atoms with Crippen molar-refractivity contribution in [3.05, 3.63) is 69.2 Å². The van der Waals surface area contributed by atoms with Crippen LogP contribution in [0.15, 0.2) is 41.8 Å². The Balaban J connectivity index is 1.48. The van der Waals surface area contributed by atoms with Crippen molar-refractivity contribution in [1.29, 1.82) is 0 Å². The fraction of sp³-hybridized carbons (Fsp3) is 0.417. The topological polar surface area (TPSA) is 59.4 Å². The number of hydrogen-bond donors (Lipinski definition) is 1. The average molecular weight is 439 g/mol. The van der Waals surface area contributed by atoms with E-state index < -0.39 is 0 Å². The van der Waals surface area contributed by atoms with Gasteiger partial charge >= 0.3 is 0 Å². The molecular weight excluding hydrogens is 408 g/mol. The van der Waals surface area contributed by atoms with Crippen molar-refractivity contribution in [3.63, 3.8) is 0 Å². The van der Waals surface area contributed by atoms with E-state index in [0.717, 1.165) is 55.0 Å². The summed E-state index contributed by atoms with van der Waals surface area (Å²) in [6.45, 7) is 7.04. The van der Waals surface area contributed by atoms with Crippen LogP contribution in [0.4, 0.5) is 0 Å². The maximum atomic E-state index is 13.0. The van der Waals surface area contributed by atoms with Crippen molar-refractivity contribution in [2.24, 2.45) is 0 Å². The lowest BCUT2D eigenvalue weighted by Crippen LogP contribution is -2.30. The molecule has 1 amide bonds. The molecule has 0 radical (unpaired) electrons. The van der Waals surface area contributed by atoms with Gasteiger partial charge in [-0.05, 0) is 74.6 Å². The number of carbonyl (C=O) groups is 1. The molecule has 0 aliphatic carbocycles. The van der Waals surface area contributed by atoms with Gasteiger partial charge in [-0.15, -0.1) is 11.3 Å². The van der Waals surface area contributed by atoms with Crippen LogP contribution < -0.4 is 10.1 Å². The van der Waals surface area contributed by atoms with Crippen LogP contribution in [0, 0.1) is 13.8 Å². The van der Waals surface area contributed by atoms with E-state index in [4.69, 9.17) is 4.74 Å². The molecule has 3 heterocycles. The van der Waals surface area contributed by atoms with Gasteiger partial charge in [0.15, 0.2) is 0 Å². The summed E-state index contributed by atoms with van der Waals surface area (Å²) in [5, 5.41) is 9.75. The molecule has 0 unspecified atom stereocenters. The molecule has 0 fully saturated rings. The highest BCUT2D eigenvalue weighted by Crippen LogP contribution is 2.29. The van der Waals surface area contributed by atoms with Crippen molar-refractivity contribution < 1.29 is 9.53 Å². The van der Waals surface area contributed by atoms with Crippen LogP contribution in [0.2, 0.25) is 0 Å². The highest BCUT2D eigenvalue weighted by molar-refractivity contribution is 7.10. The molecular formula is C24H30N4O2S. The Morgan fingerprint density at radius 2 is 2.10 bits per heavy atom. The minimum atomic E-state index is 0.0356. The van der Waals surface area contributed by atoms with Gasteiger partial charge in [0.25, 0.3) is 5.91 Å². The van der Waals surface area contributed by atoms with Crippen LogP contribution >= 0.6 is 11.3 Å². The number of nitrogens with one attached hydrogen (secondary N) is 1. The Hall–Kier alpha value is -2.64. The van der Waals surface area contributed by atoms with Crippen molar-refractivity contribution in [2.75, 3.05) is 20.1 Å². The summed E-state index contributed by atoms with van der Waals surface area (Å²) < 4.78 is 8.20. The third kappa shape index (κ3) is 4.99. The number of fused-ring (bicyclic) bond motifs is 1. The van der Waals surface area contributed by atoms with Gasteiger partial charge in [-0.25, -0.2) is 0 Å². The normalized spacial score (nSPS) is 14.9. The molecule has 1 aliphatic rings. The van der Waals surface area contributed by atoms with Gasteiger partial charge in [-0.2, -0.15) is 5.10 Å². The van der Waals surface area contributed by atoms with Crippen molar-refractivity contribution in [1.82, 2.24) is 20.0 Å². The van der Waals surface area contributed by atoms with Gasteiger partial charge in [-0.1, -0.05) is 12.1 Å². The molecule has 2 aromatic heterocycles. The van der Waals surface area contributed by atoms with Gasteiger partial charge in [0.1, 0.15) is 17.5 Å². The lowest BCUT2D eigenvalue weighted by molar-refractivity contribution is 0.0745. The maximum absolute atomic E-state index is 13.0. The number of rotatable bonds is 8. The number of aryl methyl sites for hydroxylation is 3. The first-order chi connectivity index (χ1) is 15.0. The van der Waals surface area contributed by atoms with Crippen LogP contribution in [0.3, 0.4) is 0 Å². The molecule has 1 N–H and O–H groups in total. The Kier molecular flexibility index (Phi) is 6.73. The second kappa shape index (κ2) is 9.66. The second-order valence-corrected chi connectivity index (χ2v) is 9.06. The number of ether oxygens (including phenoxy) is 1. The van der Waals surface area contributed by atoms with E-state index in [1.165, 1.54) is 4.88 Å². The minimum Gasteiger partial charge on any atom is -0.485 e. The van der Waals surface area contributed by atoms with E-state index in [1.807, 2.05) is 35.7 Å². The number of hydrogen-bond acceptors (Lipinski definition) is 5. The first kappa shape index (κ1) is 21.6. The van der Waals surface area contributed by atoms with Crippen molar-refractivity contribution in [3.8, 4) is 5.75 Å². The largest absolute Gasteiger partial charge is 0.485 e. The molecule has 4 rings (SSSR count). The summed E-state index contributed by atoms with van der Waals surface area (Å²) in [4.78, 5) is 16.2. The minimum absolute atomic E-state index is 0.0356. The van der Waals surface area contributed by atoms with Crippen molar-refractivity contribution >= 4 is 17.2 Å². The second-order valence-electron chi connectivity index (χ2n) is 8.08. The number of amides is 1. The lowest BCUT2D eigenvalue weighted by atomic mass is 10.1. The first-order valence-corrected chi connectivity index (χ1v) is 11.7. The van der Waals surface area contributed by atoms with Crippen LogP contribution in [-0.4, -0.2) is 40.7 Å². The van der Waals surface area contributed by atoms with Gasteiger partial charge in [-0.3, -0.25) is 9.48 Å². The zero-order chi connectivity index (χ0) is 21.8. The molecule has 1 aromatic carbocycles. The number of thiophene rings is 1. The summed E-state index contributed by atoms with van der Waals surface area (Å²) in [5.41, 5.74) is 3.86. The van der Waals surface area contributed by atoms with Crippen LogP contribution in [0.5, 0.6) is 5.75 Å². The van der Waals surface area contributed by atoms with Gasteiger partial charge in [0, 0.05) is 30.9 Å². The van der Waals surface area contributed by atoms with E-state index in [-0.39, 0.29) is 12.0 Å². The van der Waals surface area contributed by atoms with E-state index in [0.29, 0.717) is 12.2 Å². The van der Waals surface area contributed by atoms with E-state index in [1.54, 1.807) is 11.3 Å².